The zero-order valence-electron chi connectivity index (χ0n) is 21.0. The molecular formula is C27H27F3N6O3. The molecule has 1 aliphatic heterocycles. The summed E-state index contributed by atoms with van der Waals surface area (Å²) in [6.07, 6.45) is 3.18. The first-order valence-corrected chi connectivity index (χ1v) is 12.1. The Bertz CT molecular complexity index is 1350. The van der Waals surface area contributed by atoms with Crippen LogP contribution in [0.2, 0.25) is 0 Å². The number of carboxylic acids is 1. The second kappa shape index (κ2) is 12.4. The molecule has 9 nitrogen and oxygen atoms in total. The number of hydrogen-bond acceptors (Lipinski definition) is 7. The van der Waals surface area contributed by atoms with Crippen LogP contribution in [0.5, 0.6) is 11.6 Å². The molecule has 39 heavy (non-hydrogen) atoms. The molecule has 1 aliphatic rings. The third kappa shape index (κ3) is 7.77. The van der Waals surface area contributed by atoms with E-state index in [1.54, 1.807) is 12.5 Å². The van der Waals surface area contributed by atoms with E-state index in [-0.39, 0.29) is 0 Å². The van der Waals surface area contributed by atoms with Gasteiger partial charge in [0.05, 0.1) is 6.33 Å². The fourth-order valence-electron chi connectivity index (χ4n) is 3.93. The van der Waals surface area contributed by atoms with Crippen molar-refractivity contribution in [3.8, 4) is 17.3 Å². The number of aryl methyl sites for hydroxylation is 1. The van der Waals surface area contributed by atoms with Crippen molar-refractivity contribution in [2.24, 2.45) is 0 Å². The molecule has 1 atom stereocenters. The Morgan fingerprint density at radius 3 is 2.51 bits per heavy atom. The molecule has 1 fully saturated rings. The first kappa shape index (κ1) is 27.6. The Labute approximate surface area is 222 Å². The first-order valence-electron chi connectivity index (χ1n) is 12.1. The maximum Gasteiger partial charge on any atom is 0.490 e. The summed E-state index contributed by atoms with van der Waals surface area (Å²) in [5.41, 5.74) is 3.27. The maximum atomic E-state index is 10.6. The van der Waals surface area contributed by atoms with E-state index in [2.05, 4.69) is 50.5 Å². The highest BCUT2D eigenvalue weighted by molar-refractivity contribution is 5.73. The van der Waals surface area contributed by atoms with Gasteiger partial charge in [-0.05, 0) is 43.2 Å². The summed E-state index contributed by atoms with van der Waals surface area (Å²) in [6.45, 7) is 4.60. The lowest BCUT2D eigenvalue weighted by atomic mass is 10.0. The molecule has 2 aromatic carbocycles. The SMILES string of the molecule is Cc1cnc(N2CCN[C@@H](Cc3ccccc3)C2)nc1Oc1ccc(-n2ccnc2)cc1.O=C(O)C(F)(F)F. The van der Waals surface area contributed by atoms with Crippen LogP contribution in [0, 0.1) is 6.92 Å². The number of anilines is 1. The van der Waals surface area contributed by atoms with Gasteiger partial charge >= 0.3 is 12.1 Å². The number of ether oxygens (including phenoxy) is 1. The van der Waals surface area contributed by atoms with Crippen molar-refractivity contribution < 1.29 is 27.8 Å². The highest BCUT2D eigenvalue weighted by Crippen LogP contribution is 2.26. The number of nitrogens with zero attached hydrogens (tertiary/aromatic N) is 5. The lowest BCUT2D eigenvalue weighted by Crippen LogP contribution is -2.52. The van der Waals surface area contributed by atoms with Crippen molar-refractivity contribution in [2.45, 2.75) is 25.6 Å². The van der Waals surface area contributed by atoms with Gasteiger partial charge in [0, 0.05) is 55.5 Å². The zero-order chi connectivity index (χ0) is 27.8. The number of rotatable bonds is 6. The summed E-state index contributed by atoms with van der Waals surface area (Å²) < 4.78 is 39.8. The second-order valence-electron chi connectivity index (χ2n) is 8.81. The monoisotopic (exact) mass is 540 g/mol. The molecule has 3 heterocycles. The molecule has 0 amide bonds. The quantitative estimate of drug-likeness (QED) is 0.371. The molecule has 0 spiro atoms. The van der Waals surface area contributed by atoms with Gasteiger partial charge in [-0.25, -0.2) is 14.8 Å². The molecule has 2 aromatic heterocycles. The van der Waals surface area contributed by atoms with E-state index in [9.17, 15) is 13.2 Å². The van der Waals surface area contributed by atoms with Crippen LogP contribution >= 0.6 is 0 Å². The normalized spacial score (nSPS) is 15.3. The topological polar surface area (TPSA) is 105 Å². The van der Waals surface area contributed by atoms with Gasteiger partial charge in [-0.15, -0.1) is 0 Å². The average molecular weight is 541 g/mol. The van der Waals surface area contributed by atoms with Crippen LogP contribution < -0.4 is 15.0 Å². The Hall–Kier alpha value is -4.45. The van der Waals surface area contributed by atoms with Crippen molar-refractivity contribution in [3.63, 3.8) is 0 Å². The standard InChI is InChI=1S/C25H26N6O.C2HF3O2/c1-19-16-28-25(30-14-12-27-21(17-30)15-20-5-3-2-4-6-20)29-24(19)32-23-9-7-22(8-10-23)31-13-11-26-18-31;3-2(4,5)1(6)7/h2-11,13,16,18,21,27H,12,14-15,17H2,1H3;(H,6,7)/t21-;/m0./s1. The number of carboxylic acid groups (broad SMARTS) is 1. The van der Waals surface area contributed by atoms with E-state index in [1.165, 1.54) is 5.56 Å². The van der Waals surface area contributed by atoms with Gasteiger partial charge in [0.1, 0.15) is 5.75 Å². The summed E-state index contributed by atoms with van der Waals surface area (Å²) in [5, 5.41) is 10.7. The zero-order valence-corrected chi connectivity index (χ0v) is 21.0. The molecule has 2 N–H and O–H groups in total. The molecule has 0 saturated carbocycles. The first-order chi connectivity index (χ1) is 18.7. The van der Waals surface area contributed by atoms with E-state index >= 15 is 0 Å². The Morgan fingerprint density at radius 1 is 1.15 bits per heavy atom. The largest absolute Gasteiger partial charge is 0.490 e. The molecule has 204 valence electrons. The number of halogens is 3. The lowest BCUT2D eigenvalue weighted by molar-refractivity contribution is -0.192. The predicted molar refractivity (Wildman–Crippen MR) is 138 cm³/mol. The summed E-state index contributed by atoms with van der Waals surface area (Å²) in [7, 11) is 0. The highest BCUT2D eigenvalue weighted by atomic mass is 19.4. The van der Waals surface area contributed by atoms with Crippen molar-refractivity contribution in [2.75, 3.05) is 24.5 Å². The number of aromatic nitrogens is 4. The number of benzene rings is 2. The van der Waals surface area contributed by atoms with Crippen LogP contribution in [0.1, 0.15) is 11.1 Å². The van der Waals surface area contributed by atoms with Gasteiger partial charge in [0.25, 0.3) is 0 Å². The molecule has 5 rings (SSSR count). The second-order valence-corrected chi connectivity index (χ2v) is 8.81. The van der Waals surface area contributed by atoms with Crippen LogP contribution in [0.4, 0.5) is 19.1 Å². The van der Waals surface area contributed by atoms with Crippen LogP contribution in [0.15, 0.2) is 79.5 Å². The molecule has 1 saturated heterocycles. The van der Waals surface area contributed by atoms with E-state index in [1.807, 2.05) is 48.1 Å². The number of piperazine rings is 1. The van der Waals surface area contributed by atoms with Gasteiger partial charge in [-0.2, -0.15) is 18.2 Å². The molecule has 0 unspecified atom stereocenters. The van der Waals surface area contributed by atoms with Crippen LogP contribution in [-0.4, -0.2) is 62.4 Å². The smallest absolute Gasteiger partial charge is 0.475 e. The maximum absolute atomic E-state index is 10.6. The Kier molecular flexibility index (Phi) is 8.77. The van der Waals surface area contributed by atoms with Gasteiger partial charge in [-0.1, -0.05) is 30.3 Å². The third-order valence-electron chi connectivity index (χ3n) is 5.87. The molecule has 0 bridgehead atoms. The van der Waals surface area contributed by atoms with Crippen LogP contribution in [0.25, 0.3) is 5.69 Å². The minimum absolute atomic E-state index is 0.358. The van der Waals surface area contributed by atoms with E-state index in [0.717, 1.165) is 43.1 Å². The number of carbonyl (C=O) groups is 1. The number of aliphatic carboxylic acids is 1. The number of alkyl halides is 3. The minimum atomic E-state index is -5.08. The van der Waals surface area contributed by atoms with Gasteiger partial charge < -0.3 is 24.6 Å². The van der Waals surface area contributed by atoms with Crippen LogP contribution in [-0.2, 0) is 11.2 Å². The van der Waals surface area contributed by atoms with Crippen molar-refractivity contribution in [1.29, 1.82) is 0 Å². The van der Waals surface area contributed by atoms with Crippen molar-refractivity contribution in [3.05, 3.63) is 90.6 Å². The summed E-state index contributed by atoms with van der Waals surface area (Å²) >= 11 is 0. The number of imidazole rings is 1. The molecular weight excluding hydrogens is 513 g/mol. The fourth-order valence-corrected chi connectivity index (χ4v) is 3.93. The van der Waals surface area contributed by atoms with Gasteiger partial charge in [-0.3, -0.25) is 0 Å². The average Bonchev–Trinajstić information content (AvgIpc) is 3.46. The minimum Gasteiger partial charge on any atom is -0.475 e. The molecule has 0 radical (unpaired) electrons. The van der Waals surface area contributed by atoms with Crippen molar-refractivity contribution in [1.82, 2.24) is 24.8 Å². The highest BCUT2D eigenvalue weighted by Gasteiger charge is 2.38. The van der Waals surface area contributed by atoms with Gasteiger partial charge in [0.2, 0.25) is 11.8 Å². The predicted octanol–water partition coefficient (Wildman–Crippen LogP) is 4.42. The van der Waals surface area contributed by atoms with E-state index in [0.29, 0.717) is 17.9 Å². The van der Waals surface area contributed by atoms with E-state index < -0.39 is 12.1 Å². The Balaban J connectivity index is 0.000000448. The number of nitrogens with one attached hydrogen (secondary N) is 1. The van der Waals surface area contributed by atoms with Crippen molar-refractivity contribution >= 4 is 11.9 Å². The fraction of sp³-hybridized carbons (Fsp3) is 0.259. The molecule has 0 aliphatic carbocycles. The van der Waals surface area contributed by atoms with Gasteiger partial charge in [0.15, 0.2) is 0 Å². The Morgan fingerprint density at radius 2 is 1.87 bits per heavy atom. The van der Waals surface area contributed by atoms with E-state index in [4.69, 9.17) is 19.6 Å². The summed E-state index contributed by atoms with van der Waals surface area (Å²) in [5.74, 6) is -0.722. The number of hydrogen-bond donors (Lipinski definition) is 2. The van der Waals surface area contributed by atoms with Crippen LogP contribution in [0.3, 0.4) is 0 Å². The molecule has 4 aromatic rings. The summed E-state index contributed by atoms with van der Waals surface area (Å²) in [4.78, 5) is 24.6. The lowest BCUT2D eigenvalue weighted by Gasteiger charge is -2.34. The molecule has 12 heteroatoms. The summed E-state index contributed by atoms with van der Waals surface area (Å²) in [6, 6.07) is 18.8. The third-order valence-corrected chi connectivity index (χ3v) is 5.87.